The topological polar surface area (TPSA) is 57.8 Å². The molecular weight excluding hydrogens is 226 g/mol. The van der Waals surface area contributed by atoms with E-state index in [-0.39, 0.29) is 5.91 Å². The normalized spacial score (nSPS) is 16.0. The molecular formula is C14H23N3O. The Bertz CT molecular complexity index is 342. The third kappa shape index (κ3) is 4.51. The summed E-state index contributed by atoms with van der Waals surface area (Å²) in [4.78, 5) is 11.6. The molecule has 1 aliphatic rings. The molecule has 1 aromatic heterocycles. The molecule has 2 rings (SSSR count). The van der Waals surface area contributed by atoms with Gasteiger partial charge in [-0.15, -0.1) is 0 Å². The van der Waals surface area contributed by atoms with Crippen molar-refractivity contribution in [1.82, 2.24) is 15.5 Å². The van der Waals surface area contributed by atoms with E-state index >= 15 is 0 Å². The summed E-state index contributed by atoms with van der Waals surface area (Å²) in [6.07, 6.45) is 12.9. The van der Waals surface area contributed by atoms with Crippen molar-refractivity contribution in [2.24, 2.45) is 5.92 Å². The number of amides is 1. The molecule has 1 aliphatic carbocycles. The molecule has 0 spiro atoms. The van der Waals surface area contributed by atoms with Crippen molar-refractivity contribution in [2.75, 3.05) is 6.54 Å². The van der Waals surface area contributed by atoms with Gasteiger partial charge in [-0.25, -0.2) is 0 Å². The van der Waals surface area contributed by atoms with Crippen molar-refractivity contribution in [3.63, 3.8) is 0 Å². The van der Waals surface area contributed by atoms with Gasteiger partial charge < -0.3 is 5.32 Å². The zero-order valence-corrected chi connectivity index (χ0v) is 11.0. The van der Waals surface area contributed by atoms with E-state index in [1.807, 2.05) is 6.20 Å². The van der Waals surface area contributed by atoms with Gasteiger partial charge in [0.1, 0.15) is 0 Å². The zero-order chi connectivity index (χ0) is 12.6. The van der Waals surface area contributed by atoms with Crippen molar-refractivity contribution >= 4 is 5.91 Å². The number of rotatable bonds is 7. The van der Waals surface area contributed by atoms with Crippen LogP contribution in [0.4, 0.5) is 0 Å². The highest BCUT2D eigenvalue weighted by Crippen LogP contribution is 2.28. The first-order valence-corrected chi connectivity index (χ1v) is 7.09. The van der Waals surface area contributed by atoms with Crippen LogP contribution in [0.1, 0.15) is 50.5 Å². The highest BCUT2D eigenvalue weighted by atomic mass is 16.1. The first-order valence-electron chi connectivity index (χ1n) is 7.09. The van der Waals surface area contributed by atoms with E-state index in [9.17, 15) is 4.79 Å². The Labute approximate surface area is 109 Å². The second-order valence-electron chi connectivity index (χ2n) is 5.25. The van der Waals surface area contributed by atoms with Gasteiger partial charge in [-0.1, -0.05) is 25.7 Å². The molecule has 0 unspecified atom stereocenters. The second kappa shape index (κ2) is 7.19. The van der Waals surface area contributed by atoms with Crippen molar-refractivity contribution in [3.05, 3.63) is 18.0 Å². The molecule has 4 nitrogen and oxygen atoms in total. The summed E-state index contributed by atoms with van der Waals surface area (Å²) >= 11 is 0. The van der Waals surface area contributed by atoms with Gasteiger partial charge in [0.2, 0.25) is 5.91 Å². The van der Waals surface area contributed by atoms with Crippen LogP contribution in [-0.2, 0) is 11.2 Å². The maximum absolute atomic E-state index is 11.6. The molecule has 1 heterocycles. The van der Waals surface area contributed by atoms with Crippen LogP contribution < -0.4 is 5.32 Å². The maximum atomic E-state index is 11.6. The van der Waals surface area contributed by atoms with Crippen molar-refractivity contribution in [2.45, 2.75) is 51.4 Å². The van der Waals surface area contributed by atoms with E-state index < -0.39 is 0 Å². The van der Waals surface area contributed by atoms with Crippen LogP contribution in [0.3, 0.4) is 0 Å². The van der Waals surface area contributed by atoms with Gasteiger partial charge in [-0.3, -0.25) is 9.89 Å². The minimum Gasteiger partial charge on any atom is -0.356 e. The number of nitrogens with one attached hydrogen (secondary N) is 2. The molecule has 1 saturated carbocycles. The molecule has 0 aliphatic heterocycles. The van der Waals surface area contributed by atoms with Crippen LogP contribution in [0.2, 0.25) is 0 Å². The zero-order valence-electron chi connectivity index (χ0n) is 11.0. The van der Waals surface area contributed by atoms with Gasteiger partial charge in [-0.05, 0) is 30.7 Å². The largest absolute Gasteiger partial charge is 0.356 e. The standard InChI is InChI=1S/C14H23N3O/c18-14(8-7-13-10-16-17-11-13)15-9-3-6-12-4-1-2-5-12/h10-12H,1-9H2,(H,15,18)(H,16,17). The van der Waals surface area contributed by atoms with Crippen LogP contribution >= 0.6 is 0 Å². The Kier molecular flexibility index (Phi) is 5.24. The van der Waals surface area contributed by atoms with E-state index in [0.717, 1.165) is 30.9 Å². The van der Waals surface area contributed by atoms with Gasteiger partial charge in [0.15, 0.2) is 0 Å². The van der Waals surface area contributed by atoms with Gasteiger partial charge in [0.25, 0.3) is 0 Å². The minimum absolute atomic E-state index is 0.155. The fourth-order valence-electron chi connectivity index (χ4n) is 2.68. The van der Waals surface area contributed by atoms with E-state index in [2.05, 4.69) is 15.5 Å². The molecule has 0 bridgehead atoms. The van der Waals surface area contributed by atoms with Crippen LogP contribution in [0.25, 0.3) is 0 Å². The van der Waals surface area contributed by atoms with Crippen LogP contribution in [0, 0.1) is 5.92 Å². The fraction of sp³-hybridized carbons (Fsp3) is 0.714. The number of aromatic nitrogens is 2. The predicted molar refractivity (Wildman–Crippen MR) is 71.1 cm³/mol. The number of nitrogens with zero attached hydrogens (tertiary/aromatic N) is 1. The lowest BCUT2D eigenvalue weighted by Crippen LogP contribution is -2.24. The van der Waals surface area contributed by atoms with E-state index in [4.69, 9.17) is 0 Å². The number of aryl methyl sites for hydroxylation is 1. The minimum atomic E-state index is 0.155. The SMILES string of the molecule is O=C(CCc1cn[nH]c1)NCCCC1CCCC1. The number of hydrogen-bond acceptors (Lipinski definition) is 2. The lowest BCUT2D eigenvalue weighted by atomic mass is 10.0. The van der Waals surface area contributed by atoms with Gasteiger partial charge in [0.05, 0.1) is 6.20 Å². The summed E-state index contributed by atoms with van der Waals surface area (Å²) in [7, 11) is 0. The number of carbonyl (C=O) groups excluding carboxylic acids is 1. The Morgan fingerprint density at radius 2 is 2.28 bits per heavy atom. The molecule has 0 aromatic carbocycles. The smallest absolute Gasteiger partial charge is 0.220 e. The van der Waals surface area contributed by atoms with Crippen molar-refractivity contribution < 1.29 is 4.79 Å². The fourth-order valence-corrected chi connectivity index (χ4v) is 2.68. The van der Waals surface area contributed by atoms with Gasteiger partial charge >= 0.3 is 0 Å². The lowest BCUT2D eigenvalue weighted by Gasteiger charge is -2.09. The summed E-state index contributed by atoms with van der Waals surface area (Å²) < 4.78 is 0. The van der Waals surface area contributed by atoms with E-state index in [1.165, 1.54) is 32.1 Å². The number of hydrogen-bond donors (Lipinski definition) is 2. The molecule has 2 N–H and O–H groups in total. The highest BCUT2D eigenvalue weighted by molar-refractivity contribution is 5.76. The molecule has 18 heavy (non-hydrogen) atoms. The second-order valence-corrected chi connectivity index (χ2v) is 5.25. The Morgan fingerprint density at radius 3 is 3.00 bits per heavy atom. The summed E-state index contributed by atoms with van der Waals surface area (Å²) in [6, 6.07) is 0. The number of H-pyrrole nitrogens is 1. The first kappa shape index (κ1) is 13.1. The lowest BCUT2D eigenvalue weighted by molar-refractivity contribution is -0.121. The third-order valence-corrected chi connectivity index (χ3v) is 3.78. The number of carbonyl (C=O) groups is 1. The van der Waals surface area contributed by atoms with E-state index in [0.29, 0.717) is 6.42 Å². The highest BCUT2D eigenvalue weighted by Gasteiger charge is 2.14. The average molecular weight is 249 g/mol. The van der Waals surface area contributed by atoms with Gasteiger partial charge in [-0.2, -0.15) is 5.10 Å². The quantitative estimate of drug-likeness (QED) is 0.729. The Balaban J connectivity index is 1.49. The Morgan fingerprint density at radius 1 is 1.44 bits per heavy atom. The molecule has 1 fully saturated rings. The van der Waals surface area contributed by atoms with Crippen LogP contribution in [0.5, 0.6) is 0 Å². The molecule has 1 amide bonds. The summed E-state index contributed by atoms with van der Waals surface area (Å²) in [6.45, 7) is 0.834. The van der Waals surface area contributed by atoms with Crippen LogP contribution in [-0.4, -0.2) is 22.6 Å². The molecule has 0 atom stereocenters. The monoisotopic (exact) mass is 249 g/mol. The van der Waals surface area contributed by atoms with Gasteiger partial charge in [0, 0.05) is 19.2 Å². The molecule has 100 valence electrons. The van der Waals surface area contributed by atoms with Crippen molar-refractivity contribution in [1.29, 1.82) is 0 Å². The maximum Gasteiger partial charge on any atom is 0.220 e. The summed E-state index contributed by atoms with van der Waals surface area (Å²) in [5.74, 6) is 1.08. The molecule has 0 radical (unpaired) electrons. The Hall–Kier alpha value is -1.32. The summed E-state index contributed by atoms with van der Waals surface area (Å²) in [5, 5.41) is 9.62. The number of aromatic amines is 1. The van der Waals surface area contributed by atoms with E-state index in [1.54, 1.807) is 6.20 Å². The molecule has 4 heteroatoms. The predicted octanol–water partition coefficient (Wildman–Crippen LogP) is 2.43. The van der Waals surface area contributed by atoms with Crippen molar-refractivity contribution in [3.8, 4) is 0 Å². The van der Waals surface area contributed by atoms with Crippen LogP contribution in [0.15, 0.2) is 12.4 Å². The summed E-state index contributed by atoms with van der Waals surface area (Å²) in [5.41, 5.74) is 1.09. The molecule has 1 aromatic rings. The first-order chi connectivity index (χ1) is 8.84. The molecule has 0 saturated heterocycles. The third-order valence-electron chi connectivity index (χ3n) is 3.78. The average Bonchev–Trinajstić information content (AvgIpc) is 3.04.